The van der Waals surface area contributed by atoms with E-state index >= 15 is 0 Å². The quantitative estimate of drug-likeness (QED) is 0.254. The molecule has 0 bridgehead atoms. The third-order valence-corrected chi connectivity index (χ3v) is 6.97. The predicted octanol–water partition coefficient (Wildman–Crippen LogP) is 4.05. The molecule has 4 rings (SSSR count). The van der Waals surface area contributed by atoms with Crippen molar-refractivity contribution in [3.8, 4) is 0 Å². The highest BCUT2D eigenvalue weighted by atomic mass is 16.6. The van der Waals surface area contributed by atoms with Crippen LogP contribution in [-0.2, 0) is 48.3 Å². The Balaban J connectivity index is 1.45. The number of hydrogen-bond donors (Lipinski definition) is 2. The third kappa shape index (κ3) is 10.0. The summed E-state index contributed by atoms with van der Waals surface area (Å²) in [5, 5.41) is 14.3. The van der Waals surface area contributed by atoms with E-state index in [2.05, 4.69) is 5.32 Å². The lowest BCUT2D eigenvalue weighted by Gasteiger charge is -2.44. The third-order valence-electron chi connectivity index (χ3n) is 6.97. The largest absolute Gasteiger partial charge is 0.387 e. The highest BCUT2D eigenvalue weighted by Crippen LogP contribution is 2.28. The van der Waals surface area contributed by atoms with E-state index < -0.39 is 30.5 Å². The molecule has 0 spiro atoms. The topological polar surface area (TPSA) is 95.5 Å². The van der Waals surface area contributed by atoms with Gasteiger partial charge in [0.25, 0.3) is 0 Å². The molecule has 1 saturated heterocycles. The van der Waals surface area contributed by atoms with Gasteiger partial charge in [-0.05, 0) is 23.1 Å². The number of aliphatic hydroxyl groups excluding tert-OH is 1. The molecular weight excluding hydrogens is 522 g/mol. The monoisotopic (exact) mass is 563 g/mol. The van der Waals surface area contributed by atoms with Gasteiger partial charge in [0.1, 0.15) is 30.5 Å². The Labute approximate surface area is 242 Å². The van der Waals surface area contributed by atoms with Crippen LogP contribution in [0.2, 0.25) is 0 Å². The van der Waals surface area contributed by atoms with E-state index in [-0.39, 0.29) is 19.1 Å². The summed E-state index contributed by atoms with van der Waals surface area (Å²) >= 11 is 0. The molecule has 1 fully saturated rings. The van der Waals surface area contributed by atoms with Gasteiger partial charge in [-0.3, -0.25) is 4.79 Å². The van der Waals surface area contributed by atoms with Gasteiger partial charge in [0.2, 0.25) is 5.91 Å². The normalized spacial score (nSPS) is 22.3. The SMILES string of the molecule is CNC(=O)CCCOC[C@@H]1O[C@H](COCc2ccccc2)[C@@H](OCc2ccccc2)[C@H](O)[C@H]1OCc1ccccc1. The number of rotatable bonds is 16. The van der Waals surface area contributed by atoms with Gasteiger partial charge in [0.05, 0.1) is 33.0 Å². The van der Waals surface area contributed by atoms with Gasteiger partial charge in [-0.1, -0.05) is 91.0 Å². The van der Waals surface area contributed by atoms with Crippen molar-refractivity contribution in [1.29, 1.82) is 0 Å². The molecule has 8 heteroatoms. The van der Waals surface area contributed by atoms with Crippen molar-refractivity contribution in [2.45, 2.75) is 63.2 Å². The average Bonchev–Trinajstić information content (AvgIpc) is 3.01. The maximum absolute atomic E-state index is 11.7. The first-order valence-corrected chi connectivity index (χ1v) is 14.2. The number of benzene rings is 3. The molecule has 0 radical (unpaired) electrons. The fraction of sp³-hybridized carbons (Fsp3) is 0.424. The molecule has 0 unspecified atom stereocenters. The molecule has 5 atom stereocenters. The van der Waals surface area contributed by atoms with Crippen LogP contribution >= 0.6 is 0 Å². The minimum atomic E-state index is -0.985. The van der Waals surface area contributed by atoms with Crippen LogP contribution in [0.5, 0.6) is 0 Å². The molecule has 0 saturated carbocycles. The molecule has 41 heavy (non-hydrogen) atoms. The minimum Gasteiger partial charge on any atom is -0.387 e. The second-order valence-electron chi connectivity index (χ2n) is 10.1. The molecule has 8 nitrogen and oxygen atoms in total. The van der Waals surface area contributed by atoms with Crippen molar-refractivity contribution < 1.29 is 33.6 Å². The van der Waals surface area contributed by atoms with Gasteiger partial charge in [-0.2, -0.15) is 0 Å². The van der Waals surface area contributed by atoms with Crippen molar-refractivity contribution >= 4 is 5.91 Å². The van der Waals surface area contributed by atoms with E-state index in [1.807, 2.05) is 91.0 Å². The van der Waals surface area contributed by atoms with E-state index in [9.17, 15) is 9.90 Å². The number of amides is 1. The van der Waals surface area contributed by atoms with E-state index in [1.165, 1.54) is 0 Å². The molecule has 0 aromatic heterocycles. The Morgan fingerprint density at radius 2 is 1.20 bits per heavy atom. The van der Waals surface area contributed by atoms with Crippen LogP contribution in [0.3, 0.4) is 0 Å². The van der Waals surface area contributed by atoms with Crippen LogP contribution in [0.15, 0.2) is 91.0 Å². The fourth-order valence-electron chi connectivity index (χ4n) is 4.75. The Kier molecular flexibility index (Phi) is 12.8. The Morgan fingerprint density at radius 3 is 1.68 bits per heavy atom. The number of aliphatic hydroxyl groups is 1. The van der Waals surface area contributed by atoms with Gasteiger partial charge in [-0.15, -0.1) is 0 Å². The Morgan fingerprint density at radius 1 is 0.732 bits per heavy atom. The number of carbonyl (C=O) groups excluding carboxylic acids is 1. The molecule has 0 aliphatic carbocycles. The maximum atomic E-state index is 11.7. The minimum absolute atomic E-state index is 0.0314. The lowest BCUT2D eigenvalue weighted by atomic mass is 9.94. The highest BCUT2D eigenvalue weighted by molar-refractivity contribution is 5.75. The summed E-state index contributed by atoms with van der Waals surface area (Å²) in [6, 6.07) is 29.5. The summed E-state index contributed by atoms with van der Waals surface area (Å²) in [5.74, 6) is -0.0314. The first kappa shape index (κ1) is 30.8. The predicted molar refractivity (Wildman–Crippen MR) is 155 cm³/mol. The summed E-state index contributed by atoms with van der Waals surface area (Å²) in [7, 11) is 1.62. The zero-order valence-corrected chi connectivity index (χ0v) is 23.6. The van der Waals surface area contributed by atoms with Crippen molar-refractivity contribution in [1.82, 2.24) is 5.32 Å². The van der Waals surface area contributed by atoms with Crippen molar-refractivity contribution in [3.63, 3.8) is 0 Å². The number of carbonyl (C=O) groups is 1. The molecule has 2 N–H and O–H groups in total. The van der Waals surface area contributed by atoms with Gasteiger partial charge in [0, 0.05) is 20.1 Å². The van der Waals surface area contributed by atoms with Crippen LogP contribution in [0.25, 0.3) is 0 Å². The molecule has 1 aliphatic heterocycles. The van der Waals surface area contributed by atoms with Crippen molar-refractivity contribution in [2.75, 3.05) is 26.9 Å². The summed E-state index contributed by atoms with van der Waals surface area (Å²) in [6.45, 7) is 1.84. The van der Waals surface area contributed by atoms with E-state index in [1.54, 1.807) is 7.05 Å². The molecule has 1 amide bonds. The van der Waals surface area contributed by atoms with Crippen molar-refractivity contribution in [2.24, 2.45) is 0 Å². The Hall–Kier alpha value is -3.11. The smallest absolute Gasteiger partial charge is 0.219 e. The molecule has 220 valence electrons. The van der Waals surface area contributed by atoms with Crippen LogP contribution in [-0.4, -0.2) is 68.4 Å². The number of nitrogens with one attached hydrogen (secondary N) is 1. The molecule has 1 heterocycles. The Bertz CT molecular complexity index is 1130. The number of hydrogen-bond acceptors (Lipinski definition) is 7. The van der Waals surface area contributed by atoms with Gasteiger partial charge >= 0.3 is 0 Å². The molecule has 1 aliphatic rings. The summed E-state index contributed by atoms with van der Waals surface area (Å²) in [5.41, 5.74) is 3.03. The summed E-state index contributed by atoms with van der Waals surface area (Å²) < 4.78 is 31.0. The second kappa shape index (κ2) is 17.0. The van der Waals surface area contributed by atoms with Crippen LogP contribution < -0.4 is 5.32 Å². The average molecular weight is 564 g/mol. The first-order chi connectivity index (χ1) is 20.1. The molecule has 3 aromatic carbocycles. The zero-order chi connectivity index (χ0) is 28.7. The van der Waals surface area contributed by atoms with E-state index in [0.29, 0.717) is 39.3 Å². The molecule has 3 aromatic rings. The summed E-state index contributed by atoms with van der Waals surface area (Å²) in [4.78, 5) is 11.6. The lowest BCUT2D eigenvalue weighted by Crippen LogP contribution is -2.61. The van der Waals surface area contributed by atoms with Gasteiger partial charge in [0.15, 0.2) is 0 Å². The van der Waals surface area contributed by atoms with Crippen LogP contribution in [0.1, 0.15) is 29.5 Å². The van der Waals surface area contributed by atoms with Gasteiger partial charge in [-0.25, -0.2) is 0 Å². The van der Waals surface area contributed by atoms with Gasteiger partial charge < -0.3 is 34.1 Å². The fourth-order valence-corrected chi connectivity index (χ4v) is 4.75. The highest BCUT2D eigenvalue weighted by Gasteiger charge is 2.46. The van der Waals surface area contributed by atoms with E-state index in [4.69, 9.17) is 23.7 Å². The standard InChI is InChI=1S/C33H41NO7/c1-34-30(35)18-11-19-37-23-28-32(39-21-26-14-7-3-8-15-26)31(36)33(40-22-27-16-9-4-10-17-27)29(41-28)24-38-20-25-12-5-2-6-13-25/h2-10,12-17,28-29,31-33,36H,11,18-24H2,1H3,(H,34,35)/t28-,29+,31+,32-,33+/m0/s1. The van der Waals surface area contributed by atoms with E-state index in [0.717, 1.165) is 16.7 Å². The van der Waals surface area contributed by atoms with Crippen molar-refractivity contribution in [3.05, 3.63) is 108 Å². The van der Waals surface area contributed by atoms with Crippen LogP contribution in [0, 0.1) is 0 Å². The first-order valence-electron chi connectivity index (χ1n) is 14.2. The number of ether oxygens (including phenoxy) is 5. The zero-order valence-electron chi connectivity index (χ0n) is 23.6. The second-order valence-corrected chi connectivity index (χ2v) is 10.1. The summed E-state index contributed by atoms with van der Waals surface area (Å²) in [6.07, 6.45) is -2.51. The lowest BCUT2D eigenvalue weighted by molar-refractivity contribution is -0.267. The maximum Gasteiger partial charge on any atom is 0.219 e. The van der Waals surface area contributed by atoms with Crippen LogP contribution in [0.4, 0.5) is 0 Å². The molecular formula is C33H41NO7.